The summed E-state index contributed by atoms with van der Waals surface area (Å²) in [4.78, 5) is 14.6. The Hall–Kier alpha value is -1.95. The molecule has 0 aromatic heterocycles. The Kier molecular flexibility index (Phi) is 6.02. The summed E-state index contributed by atoms with van der Waals surface area (Å²) < 4.78 is 10.3. The molecule has 0 bridgehead atoms. The topological polar surface area (TPSA) is 50.8 Å². The number of nitrogens with one attached hydrogen (secondary N) is 1. The molecule has 1 heterocycles. The van der Waals surface area contributed by atoms with Gasteiger partial charge < -0.3 is 14.8 Å². The Labute approximate surface area is 148 Å². The van der Waals surface area contributed by atoms with Gasteiger partial charge in [0.25, 0.3) is 0 Å². The van der Waals surface area contributed by atoms with E-state index in [1.54, 1.807) is 7.11 Å². The van der Waals surface area contributed by atoms with Gasteiger partial charge in [-0.05, 0) is 22.8 Å². The van der Waals surface area contributed by atoms with Gasteiger partial charge in [-0.15, -0.1) is 0 Å². The maximum atomic E-state index is 12.4. The van der Waals surface area contributed by atoms with E-state index in [2.05, 4.69) is 40.5 Å². The molecule has 134 valence electrons. The molecule has 2 aromatic carbocycles. The van der Waals surface area contributed by atoms with E-state index < -0.39 is 0 Å². The van der Waals surface area contributed by atoms with Gasteiger partial charge >= 0.3 is 5.97 Å². The van der Waals surface area contributed by atoms with Crippen LogP contribution in [0.2, 0.25) is 0 Å². The van der Waals surface area contributed by atoms with Crippen LogP contribution in [0.15, 0.2) is 42.5 Å². The average Bonchev–Trinajstić information content (AvgIpc) is 2.66. The largest absolute Gasteiger partial charge is 0.468 e. The van der Waals surface area contributed by atoms with Crippen molar-refractivity contribution in [2.45, 2.75) is 18.5 Å². The van der Waals surface area contributed by atoms with Crippen molar-refractivity contribution >= 4 is 16.7 Å². The van der Waals surface area contributed by atoms with Gasteiger partial charge in [0.15, 0.2) is 0 Å². The minimum absolute atomic E-state index is 0.175. The summed E-state index contributed by atoms with van der Waals surface area (Å²) >= 11 is 0. The lowest BCUT2D eigenvalue weighted by molar-refractivity contribution is -0.147. The van der Waals surface area contributed by atoms with Crippen LogP contribution in [0.5, 0.6) is 0 Å². The van der Waals surface area contributed by atoms with Crippen molar-refractivity contribution in [2.24, 2.45) is 0 Å². The molecular formula is C20H26N2O3. The van der Waals surface area contributed by atoms with E-state index in [0.29, 0.717) is 13.0 Å². The normalized spacial score (nSPS) is 19.7. The highest BCUT2D eigenvalue weighted by Gasteiger charge is 2.31. The number of piperazine rings is 1. The second-order valence-electron chi connectivity index (χ2n) is 6.53. The lowest BCUT2D eigenvalue weighted by Gasteiger charge is -2.37. The summed E-state index contributed by atoms with van der Waals surface area (Å²) in [5, 5.41) is 5.84. The molecule has 0 radical (unpaired) electrons. The highest BCUT2D eigenvalue weighted by Crippen LogP contribution is 2.19. The molecule has 1 fully saturated rings. The smallest absolute Gasteiger partial charge is 0.323 e. The van der Waals surface area contributed by atoms with Crippen LogP contribution in [0.1, 0.15) is 5.56 Å². The molecule has 2 unspecified atom stereocenters. The van der Waals surface area contributed by atoms with E-state index >= 15 is 0 Å². The van der Waals surface area contributed by atoms with Crippen LogP contribution in [0.25, 0.3) is 10.8 Å². The Morgan fingerprint density at radius 2 is 2.04 bits per heavy atom. The summed E-state index contributed by atoms with van der Waals surface area (Å²) in [5.41, 5.74) is 1.15. The Morgan fingerprint density at radius 1 is 1.24 bits per heavy atom. The van der Waals surface area contributed by atoms with Crippen molar-refractivity contribution in [2.75, 3.05) is 40.5 Å². The van der Waals surface area contributed by atoms with Crippen molar-refractivity contribution in [3.8, 4) is 0 Å². The van der Waals surface area contributed by atoms with Crippen LogP contribution in [0.3, 0.4) is 0 Å². The number of ether oxygens (including phenoxy) is 2. The summed E-state index contributed by atoms with van der Waals surface area (Å²) in [6.45, 7) is 3.09. The van der Waals surface area contributed by atoms with Gasteiger partial charge in [0.1, 0.15) is 6.04 Å². The van der Waals surface area contributed by atoms with Gasteiger partial charge in [-0.25, -0.2) is 0 Å². The fourth-order valence-electron chi connectivity index (χ4n) is 3.53. The average molecular weight is 342 g/mol. The van der Waals surface area contributed by atoms with Gasteiger partial charge in [0.2, 0.25) is 0 Å². The molecule has 2 atom stereocenters. The van der Waals surface area contributed by atoms with Crippen LogP contribution in [0, 0.1) is 0 Å². The van der Waals surface area contributed by atoms with Crippen molar-refractivity contribution in [1.29, 1.82) is 0 Å². The fourth-order valence-corrected chi connectivity index (χ4v) is 3.53. The minimum Gasteiger partial charge on any atom is -0.468 e. The minimum atomic E-state index is -0.271. The monoisotopic (exact) mass is 342 g/mol. The molecule has 0 spiro atoms. The molecule has 1 aliphatic rings. The van der Waals surface area contributed by atoms with E-state index in [4.69, 9.17) is 9.47 Å². The van der Waals surface area contributed by atoms with Crippen molar-refractivity contribution in [3.05, 3.63) is 48.0 Å². The number of nitrogens with zero attached hydrogens (tertiary/aromatic N) is 1. The molecule has 5 heteroatoms. The Morgan fingerprint density at radius 3 is 2.80 bits per heavy atom. The van der Waals surface area contributed by atoms with Gasteiger partial charge in [-0.2, -0.15) is 0 Å². The van der Waals surface area contributed by atoms with Crippen molar-refractivity contribution < 1.29 is 14.3 Å². The first-order valence-electron chi connectivity index (χ1n) is 8.73. The number of methoxy groups -OCH3 is 2. The Balaban J connectivity index is 1.79. The van der Waals surface area contributed by atoms with Crippen LogP contribution >= 0.6 is 0 Å². The fraction of sp³-hybridized carbons (Fsp3) is 0.450. The number of hydrogen-bond donors (Lipinski definition) is 1. The zero-order valence-electron chi connectivity index (χ0n) is 14.9. The third-order valence-corrected chi connectivity index (χ3v) is 4.81. The highest BCUT2D eigenvalue weighted by atomic mass is 16.5. The van der Waals surface area contributed by atoms with Crippen LogP contribution in [-0.4, -0.2) is 63.4 Å². The number of hydrogen-bond acceptors (Lipinski definition) is 5. The molecule has 25 heavy (non-hydrogen) atoms. The summed E-state index contributed by atoms with van der Waals surface area (Å²) in [5.74, 6) is -0.175. The van der Waals surface area contributed by atoms with Gasteiger partial charge in [-0.3, -0.25) is 9.69 Å². The molecular weight excluding hydrogens is 316 g/mol. The van der Waals surface area contributed by atoms with Gasteiger partial charge in [0, 0.05) is 32.8 Å². The number of esters is 1. The first-order chi connectivity index (χ1) is 12.2. The van der Waals surface area contributed by atoms with E-state index in [-0.39, 0.29) is 18.1 Å². The van der Waals surface area contributed by atoms with E-state index in [1.165, 1.54) is 17.9 Å². The Bertz CT molecular complexity index is 717. The predicted molar refractivity (Wildman–Crippen MR) is 98.7 cm³/mol. The van der Waals surface area contributed by atoms with E-state index in [0.717, 1.165) is 25.2 Å². The highest BCUT2D eigenvalue weighted by molar-refractivity contribution is 5.83. The van der Waals surface area contributed by atoms with Crippen molar-refractivity contribution in [1.82, 2.24) is 10.2 Å². The number of carbonyl (C=O) groups is 1. The molecule has 1 saturated heterocycles. The summed E-state index contributed by atoms with van der Waals surface area (Å²) in [6, 6.07) is 14.6. The first kappa shape index (κ1) is 17.9. The molecule has 2 aromatic rings. The second kappa shape index (κ2) is 8.43. The lowest BCUT2D eigenvalue weighted by atomic mass is 10.00. The second-order valence-corrected chi connectivity index (χ2v) is 6.53. The third kappa shape index (κ3) is 4.37. The van der Waals surface area contributed by atoms with E-state index in [1.807, 2.05) is 12.1 Å². The van der Waals surface area contributed by atoms with Crippen LogP contribution in [-0.2, 0) is 20.7 Å². The predicted octanol–water partition coefficient (Wildman–Crippen LogP) is 1.84. The molecule has 1 aliphatic heterocycles. The molecule has 1 N–H and O–H groups in total. The number of carbonyl (C=O) groups excluding carboxylic acids is 1. The van der Waals surface area contributed by atoms with Crippen LogP contribution in [0.4, 0.5) is 0 Å². The summed E-state index contributed by atoms with van der Waals surface area (Å²) in [6.07, 6.45) is 0.650. The van der Waals surface area contributed by atoms with Crippen molar-refractivity contribution in [3.63, 3.8) is 0 Å². The zero-order valence-corrected chi connectivity index (χ0v) is 14.9. The van der Waals surface area contributed by atoms with Gasteiger partial charge in [0.05, 0.1) is 13.7 Å². The first-order valence-corrected chi connectivity index (χ1v) is 8.73. The molecule has 0 amide bonds. The standard InChI is InChI=1S/C20H26N2O3/c1-24-14-18-13-22(10-9-21-18)19(20(23)25-2)12-15-7-8-16-5-3-4-6-17(16)11-15/h3-8,11,18-19,21H,9-10,12-14H2,1-2H3. The zero-order chi connectivity index (χ0) is 17.6. The quantitative estimate of drug-likeness (QED) is 0.812. The molecule has 3 rings (SSSR count). The van der Waals surface area contributed by atoms with Crippen LogP contribution < -0.4 is 5.32 Å². The third-order valence-electron chi connectivity index (χ3n) is 4.81. The maximum Gasteiger partial charge on any atom is 0.323 e. The molecule has 0 aliphatic carbocycles. The summed E-state index contributed by atoms with van der Waals surface area (Å²) in [7, 11) is 3.16. The number of fused-ring (bicyclic) bond motifs is 1. The SMILES string of the molecule is COCC1CN(C(Cc2ccc3ccccc3c2)C(=O)OC)CCN1. The lowest BCUT2D eigenvalue weighted by Crippen LogP contribution is -2.57. The number of rotatable bonds is 6. The molecule has 0 saturated carbocycles. The number of benzene rings is 2. The van der Waals surface area contributed by atoms with E-state index in [9.17, 15) is 4.79 Å². The maximum absolute atomic E-state index is 12.4. The molecule has 5 nitrogen and oxygen atoms in total. The van der Waals surface area contributed by atoms with Gasteiger partial charge in [-0.1, -0.05) is 42.5 Å².